The third kappa shape index (κ3) is 6.44. The molecule has 2 heterocycles. The van der Waals surface area contributed by atoms with Crippen molar-refractivity contribution >= 4 is 43.5 Å². The van der Waals surface area contributed by atoms with Gasteiger partial charge in [0, 0.05) is 33.0 Å². The van der Waals surface area contributed by atoms with E-state index in [1.54, 1.807) is 0 Å². The summed E-state index contributed by atoms with van der Waals surface area (Å²) >= 11 is 0. The summed E-state index contributed by atoms with van der Waals surface area (Å²) in [5.74, 6) is 1.79. The van der Waals surface area contributed by atoms with Gasteiger partial charge in [-0.1, -0.05) is 212 Å². The van der Waals surface area contributed by atoms with E-state index in [1.165, 1.54) is 27.5 Å². The number of furan rings is 1. The second kappa shape index (κ2) is 15.2. The van der Waals surface area contributed by atoms with Crippen LogP contribution in [0.2, 0.25) is 0 Å². The zero-order chi connectivity index (χ0) is 41.7. The molecular formula is C59H37N3O. The van der Waals surface area contributed by atoms with Crippen molar-refractivity contribution in [3.63, 3.8) is 0 Å². The summed E-state index contributed by atoms with van der Waals surface area (Å²) in [6.07, 6.45) is 0. The van der Waals surface area contributed by atoms with Gasteiger partial charge in [0.2, 0.25) is 0 Å². The number of hydrogen-bond donors (Lipinski definition) is 0. The van der Waals surface area contributed by atoms with Crippen LogP contribution in [-0.2, 0) is 0 Å². The van der Waals surface area contributed by atoms with E-state index in [-0.39, 0.29) is 0 Å². The highest BCUT2D eigenvalue weighted by atomic mass is 16.3. The van der Waals surface area contributed by atoms with E-state index in [0.29, 0.717) is 17.5 Å². The highest BCUT2D eigenvalue weighted by Gasteiger charge is 2.21. The molecule has 4 heteroatoms. The van der Waals surface area contributed by atoms with Gasteiger partial charge < -0.3 is 4.42 Å². The number of rotatable bonds is 7. The van der Waals surface area contributed by atoms with Crippen molar-refractivity contribution in [2.75, 3.05) is 0 Å². The lowest BCUT2D eigenvalue weighted by Crippen LogP contribution is -2.01. The van der Waals surface area contributed by atoms with Gasteiger partial charge >= 0.3 is 0 Å². The van der Waals surface area contributed by atoms with Crippen LogP contribution in [0.4, 0.5) is 0 Å². The first-order valence-electron chi connectivity index (χ1n) is 21.3. The maximum Gasteiger partial charge on any atom is 0.164 e. The molecule has 0 fully saturated rings. The van der Waals surface area contributed by atoms with E-state index in [0.717, 1.165) is 77.2 Å². The van der Waals surface area contributed by atoms with Crippen LogP contribution in [0, 0.1) is 0 Å². The molecule has 0 aliphatic carbocycles. The van der Waals surface area contributed by atoms with Gasteiger partial charge in [-0.2, -0.15) is 0 Å². The van der Waals surface area contributed by atoms with E-state index in [1.807, 2.05) is 24.3 Å². The smallest absolute Gasteiger partial charge is 0.164 e. The molecule has 0 saturated heterocycles. The quantitative estimate of drug-likeness (QED) is 0.161. The zero-order valence-corrected chi connectivity index (χ0v) is 34.1. The van der Waals surface area contributed by atoms with E-state index in [9.17, 15) is 0 Å². The SMILES string of the molecule is c1ccc(-c2ccc(-c3nc(-c4cccc5cc(-c6ccccc6)ccc45)nc(-c4cccc5oc6c(-c7ccc(-c8ccccc8)c8ccccc78)cccc6c45)n3)cc2)cc1. The number of benzene rings is 10. The Morgan fingerprint density at radius 3 is 1.52 bits per heavy atom. The first-order chi connectivity index (χ1) is 31.2. The summed E-state index contributed by atoms with van der Waals surface area (Å²) in [6, 6.07) is 78.7. The Hall–Kier alpha value is -8.47. The van der Waals surface area contributed by atoms with Gasteiger partial charge in [0.1, 0.15) is 11.2 Å². The van der Waals surface area contributed by atoms with Crippen molar-refractivity contribution in [1.82, 2.24) is 15.0 Å². The van der Waals surface area contributed by atoms with Crippen molar-refractivity contribution in [2.45, 2.75) is 0 Å². The molecule has 0 amide bonds. The molecule has 0 bridgehead atoms. The van der Waals surface area contributed by atoms with Crippen molar-refractivity contribution in [2.24, 2.45) is 0 Å². The fourth-order valence-electron chi connectivity index (χ4n) is 9.13. The molecule has 12 aromatic rings. The molecular weight excluding hydrogens is 767 g/mol. The molecule has 4 nitrogen and oxygen atoms in total. The molecule has 0 spiro atoms. The van der Waals surface area contributed by atoms with Crippen LogP contribution in [0.15, 0.2) is 229 Å². The van der Waals surface area contributed by atoms with Crippen molar-refractivity contribution in [3.05, 3.63) is 224 Å². The summed E-state index contributed by atoms with van der Waals surface area (Å²) in [4.78, 5) is 15.8. The minimum absolute atomic E-state index is 0.580. The average molecular weight is 804 g/mol. The van der Waals surface area contributed by atoms with Gasteiger partial charge in [0.05, 0.1) is 0 Å². The second-order valence-electron chi connectivity index (χ2n) is 15.9. The van der Waals surface area contributed by atoms with E-state index >= 15 is 0 Å². The Labute approximate surface area is 364 Å². The predicted octanol–water partition coefficient (Wildman–Crippen LogP) is 15.7. The van der Waals surface area contributed by atoms with E-state index in [4.69, 9.17) is 19.4 Å². The fourth-order valence-corrected chi connectivity index (χ4v) is 9.13. The lowest BCUT2D eigenvalue weighted by Gasteiger charge is -2.13. The Balaban J connectivity index is 1.04. The lowest BCUT2D eigenvalue weighted by atomic mass is 9.91. The Kier molecular flexibility index (Phi) is 8.79. The van der Waals surface area contributed by atoms with Crippen LogP contribution in [-0.4, -0.2) is 15.0 Å². The molecule has 10 aromatic carbocycles. The highest BCUT2D eigenvalue weighted by molar-refractivity contribution is 6.17. The number of aromatic nitrogens is 3. The summed E-state index contributed by atoms with van der Waals surface area (Å²) < 4.78 is 6.88. The van der Waals surface area contributed by atoms with Crippen LogP contribution in [0.5, 0.6) is 0 Å². The molecule has 12 rings (SSSR count). The third-order valence-corrected chi connectivity index (χ3v) is 12.2. The molecule has 2 aromatic heterocycles. The van der Waals surface area contributed by atoms with Crippen molar-refractivity contribution in [1.29, 1.82) is 0 Å². The molecule has 0 unspecified atom stereocenters. The second-order valence-corrected chi connectivity index (χ2v) is 15.9. The first kappa shape index (κ1) is 36.4. The number of hydrogen-bond acceptors (Lipinski definition) is 4. The first-order valence-corrected chi connectivity index (χ1v) is 21.3. The van der Waals surface area contributed by atoms with Crippen molar-refractivity contribution < 1.29 is 4.42 Å². The zero-order valence-electron chi connectivity index (χ0n) is 34.1. The molecule has 0 aliphatic rings. The topological polar surface area (TPSA) is 51.8 Å². The highest BCUT2D eigenvalue weighted by Crippen LogP contribution is 2.43. The third-order valence-electron chi connectivity index (χ3n) is 12.2. The van der Waals surface area contributed by atoms with Gasteiger partial charge in [0.15, 0.2) is 17.5 Å². The van der Waals surface area contributed by atoms with Crippen LogP contribution in [0.3, 0.4) is 0 Å². The normalized spacial score (nSPS) is 11.5. The average Bonchev–Trinajstić information content (AvgIpc) is 3.76. The summed E-state index contributed by atoms with van der Waals surface area (Å²) in [5.41, 5.74) is 13.5. The minimum atomic E-state index is 0.580. The molecule has 0 N–H and O–H groups in total. The maximum absolute atomic E-state index is 6.88. The van der Waals surface area contributed by atoms with Crippen LogP contribution >= 0.6 is 0 Å². The van der Waals surface area contributed by atoms with Gasteiger partial charge in [-0.3, -0.25) is 0 Å². The summed E-state index contributed by atoms with van der Waals surface area (Å²) in [7, 11) is 0. The molecule has 0 saturated carbocycles. The van der Waals surface area contributed by atoms with Gasteiger partial charge in [-0.05, 0) is 72.6 Å². The van der Waals surface area contributed by atoms with E-state index in [2.05, 4.69) is 200 Å². The molecule has 0 radical (unpaired) electrons. The number of para-hydroxylation sites is 1. The summed E-state index contributed by atoms with van der Waals surface area (Å²) in [6.45, 7) is 0. The monoisotopic (exact) mass is 803 g/mol. The van der Waals surface area contributed by atoms with Crippen LogP contribution < -0.4 is 0 Å². The Bertz CT molecular complexity index is 3650. The van der Waals surface area contributed by atoms with E-state index < -0.39 is 0 Å². The number of fused-ring (bicyclic) bond motifs is 5. The Morgan fingerprint density at radius 2 is 0.778 bits per heavy atom. The van der Waals surface area contributed by atoms with Gasteiger partial charge in [0.25, 0.3) is 0 Å². The molecule has 0 atom stereocenters. The van der Waals surface area contributed by atoms with Gasteiger partial charge in [-0.15, -0.1) is 0 Å². The number of nitrogens with zero attached hydrogens (tertiary/aromatic N) is 3. The molecule has 63 heavy (non-hydrogen) atoms. The minimum Gasteiger partial charge on any atom is -0.455 e. The van der Waals surface area contributed by atoms with Gasteiger partial charge in [-0.25, -0.2) is 15.0 Å². The van der Waals surface area contributed by atoms with Crippen LogP contribution in [0.25, 0.3) is 122 Å². The largest absolute Gasteiger partial charge is 0.455 e. The lowest BCUT2D eigenvalue weighted by molar-refractivity contribution is 0.670. The van der Waals surface area contributed by atoms with Crippen LogP contribution in [0.1, 0.15) is 0 Å². The summed E-state index contributed by atoms with van der Waals surface area (Å²) in [5, 5.41) is 6.52. The molecule has 0 aliphatic heterocycles. The molecule has 294 valence electrons. The predicted molar refractivity (Wildman–Crippen MR) is 260 cm³/mol. The van der Waals surface area contributed by atoms with Crippen molar-refractivity contribution in [3.8, 4) is 78.7 Å². The Morgan fingerprint density at radius 1 is 0.270 bits per heavy atom. The maximum atomic E-state index is 6.88. The fraction of sp³-hybridized carbons (Fsp3) is 0. The standard InChI is InChI=1S/C59H37N3O/c1-4-15-38(16-5-1)40-29-31-42(32-30-40)57-60-58(51-25-12-21-44-37-43(33-34-46(44)51)39-17-6-2-7-18-39)62-59(61-57)53-27-14-28-54-55(53)52-26-13-24-50(56(52)63-54)49-36-35-45(41-19-8-3-9-20-41)47-22-10-11-23-48(47)49/h1-37H.